The van der Waals surface area contributed by atoms with E-state index in [1.54, 1.807) is 19.1 Å². The van der Waals surface area contributed by atoms with Gasteiger partial charge in [0.25, 0.3) is 0 Å². The predicted molar refractivity (Wildman–Crippen MR) is 75.8 cm³/mol. The Labute approximate surface area is 112 Å². The lowest BCUT2D eigenvalue weighted by atomic mass is 10.1. The van der Waals surface area contributed by atoms with Crippen LogP contribution >= 0.6 is 11.8 Å². The number of para-hydroxylation sites is 1. The maximum absolute atomic E-state index is 14.1. The van der Waals surface area contributed by atoms with Gasteiger partial charge in [-0.3, -0.25) is 0 Å². The lowest BCUT2D eigenvalue weighted by Crippen LogP contribution is -2.41. The number of halogens is 1. The third-order valence-electron chi connectivity index (χ3n) is 3.20. The molecule has 1 fully saturated rings. The highest BCUT2D eigenvalue weighted by atomic mass is 32.2. The summed E-state index contributed by atoms with van der Waals surface area (Å²) in [6.07, 6.45) is -0.643. The zero-order chi connectivity index (χ0) is 13.3. The van der Waals surface area contributed by atoms with Crippen LogP contribution in [0, 0.1) is 5.82 Å². The average Bonchev–Trinajstić information content (AvgIpc) is 2.26. The molecule has 1 saturated heterocycles. The molecule has 1 aliphatic heterocycles. The van der Waals surface area contributed by atoms with E-state index in [-0.39, 0.29) is 5.82 Å². The second kappa shape index (κ2) is 5.49. The van der Waals surface area contributed by atoms with Crippen molar-refractivity contribution in [2.45, 2.75) is 37.4 Å². The summed E-state index contributed by atoms with van der Waals surface area (Å²) in [5.41, 5.74) is 1.26. The molecular weight excluding hydrogens is 249 g/mol. The van der Waals surface area contributed by atoms with Gasteiger partial charge in [0.2, 0.25) is 0 Å². The summed E-state index contributed by atoms with van der Waals surface area (Å²) in [4.78, 5) is 2.07. The number of rotatable bonds is 2. The van der Waals surface area contributed by atoms with Crippen LogP contribution in [0.5, 0.6) is 0 Å². The van der Waals surface area contributed by atoms with Gasteiger partial charge in [-0.15, -0.1) is 0 Å². The van der Waals surface area contributed by atoms with Crippen LogP contribution < -0.4 is 4.90 Å². The highest BCUT2D eigenvalue weighted by molar-refractivity contribution is 8.00. The molecule has 0 amide bonds. The number of anilines is 1. The summed E-state index contributed by atoms with van der Waals surface area (Å²) >= 11 is 1.93. The maximum Gasteiger partial charge on any atom is 0.146 e. The van der Waals surface area contributed by atoms with E-state index in [1.165, 1.54) is 6.07 Å². The Morgan fingerprint density at radius 2 is 1.94 bits per heavy atom. The number of thioether (sulfide) groups is 1. The monoisotopic (exact) mass is 269 g/mol. The van der Waals surface area contributed by atoms with E-state index >= 15 is 0 Å². The van der Waals surface area contributed by atoms with Gasteiger partial charge < -0.3 is 10.0 Å². The SMILES string of the molecule is CC1CN(c2c(F)cccc2[C@H](C)O)CC(C)S1. The Morgan fingerprint density at radius 1 is 1.33 bits per heavy atom. The Balaban J connectivity index is 2.37. The van der Waals surface area contributed by atoms with Gasteiger partial charge in [0.05, 0.1) is 11.8 Å². The minimum Gasteiger partial charge on any atom is -0.389 e. The van der Waals surface area contributed by atoms with E-state index in [1.807, 2.05) is 11.8 Å². The van der Waals surface area contributed by atoms with E-state index < -0.39 is 6.10 Å². The molecule has 1 aromatic rings. The third kappa shape index (κ3) is 2.81. The molecule has 1 aromatic carbocycles. The van der Waals surface area contributed by atoms with Crippen molar-refractivity contribution in [2.75, 3.05) is 18.0 Å². The Hall–Kier alpha value is -0.740. The van der Waals surface area contributed by atoms with Gasteiger partial charge in [0.15, 0.2) is 0 Å². The lowest BCUT2D eigenvalue weighted by Gasteiger charge is -2.37. The van der Waals surface area contributed by atoms with Crippen molar-refractivity contribution in [1.29, 1.82) is 0 Å². The molecule has 18 heavy (non-hydrogen) atoms. The molecule has 4 heteroatoms. The molecule has 1 N–H and O–H groups in total. The predicted octanol–water partition coefficient (Wildman–Crippen LogP) is 3.21. The number of aliphatic hydroxyl groups is 1. The minimum atomic E-state index is -0.643. The van der Waals surface area contributed by atoms with Crippen LogP contribution in [0.1, 0.15) is 32.4 Å². The standard InChI is InChI=1S/C14H20FNOS/c1-9-7-16(8-10(2)18-9)14-12(11(3)17)5-4-6-13(14)15/h4-6,9-11,17H,7-8H2,1-3H3/t9?,10?,11-/m0/s1. The number of aliphatic hydroxyl groups excluding tert-OH is 1. The second-order valence-corrected chi connectivity index (χ2v) is 6.90. The molecule has 2 rings (SSSR count). The van der Waals surface area contributed by atoms with E-state index in [9.17, 15) is 9.50 Å². The van der Waals surface area contributed by atoms with Crippen LogP contribution in [0.4, 0.5) is 10.1 Å². The normalized spacial score (nSPS) is 26.2. The van der Waals surface area contributed by atoms with Gasteiger partial charge in [-0.1, -0.05) is 26.0 Å². The van der Waals surface area contributed by atoms with E-state index in [2.05, 4.69) is 18.7 Å². The molecule has 0 saturated carbocycles. The largest absolute Gasteiger partial charge is 0.389 e. The maximum atomic E-state index is 14.1. The fraction of sp³-hybridized carbons (Fsp3) is 0.571. The first-order valence-corrected chi connectivity index (χ1v) is 7.30. The molecule has 1 heterocycles. The van der Waals surface area contributed by atoms with Gasteiger partial charge in [-0.2, -0.15) is 11.8 Å². The van der Waals surface area contributed by atoms with Crippen LogP contribution in [0.25, 0.3) is 0 Å². The Kier molecular flexibility index (Phi) is 4.17. The summed E-state index contributed by atoms with van der Waals surface area (Å²) in [6, 6.07) is 4.94. The van der Waals surface area contributed by atoms with E-state index in [4.69, 9.17) is 0 Å². The van der Waals surface area contributed by atoms with Crippen molar-refractivity contribution in [3.63, 3.8) is 0 Å². The van der Waals surface area contributed by atoms with Gasteiger partial charge in [0.1, 0.15) is 5.82 Å². The number of hydrogen-bond acceptors (Lipinski definition) is 3. The number of benzene rings is 1. The smallest absolute Gasteiger partial charge is 0.146 e. The first-order chi connectivity index (χ1) is 8.49. The topological polar surface area (TPSA) is 23.5 Å². The van der Waals surface area contributed by atoms with Gasteiger partial charge in [-0.25, -0.2) is 4.39 Å². The second-order valence-electron chi connectivity index (χ2n) is 5.02. The fourth-order valence-corrected chi connectivity index (χ4v) is 3.89. The molecule has 0 radical (unpaired) electrons. The Morgan fingerprint density at radius 3 is 2.50 bits per heavy atom. The van der Waals surface area contributed by atoms with Crippen LogP contribution in [-0.2, 0) is 0 Å². The Bertz CT molecular complexity index is 414. The van der Waals surface area contributed by atoms with Crippen LogP contribution in [0.3, 0.4) is 0 Å². The van der Waals surface area contributed by atoms with Gasteiger partial charge in [-0.05, 0) is 13.0 Å². The summed E-state index contributed by atoms with van der Waals surface area (Å²) in [5.74, 6) is -0.236. The lowest BCUT2D eigenvalue weighted by molar-refractivity contribution is 0.199. The number of nitrogens with zero attached hydrogens (tertiary/aromatic N) is 1. The summed E-state index contributed by atoms with van der Waals surface area (Å²) in [7, 11) is 0. The average molecular weight is 269 g/mol. The quantitative estimate of drug-likeness (QED) is 0.892. The van der Waals surface area contributed by atoms with Crippen molar-refractivity contribution < 1.29 is 9.50 Å². The summed E-state index contributed by atoms with van der Waals surface area (Å²) in [6.45, 7) is 7.67. The van der Waals surface area contributed by atoms with Crippen molar-refractivity contribution >= 4 is 17.4 Å². The van der Waals surface area contributed by atoms with Crippen molar-refractivity contribution in [2.24, 2.45) is 0 Å². The summed E-state index contributed by atoms with van der Waals surface area (Å²) < 4.78 is 14.1. The highest BCUT2D eigenvalue weighted by Crippen LogP contribution is 2.34. The summed E-state index contributed by atoms with van der Waals surface area (Å²) in [5, 5.41) is 10.8. The van der Waals surface area contributed by atoms with Crippen LogP contribution in [0.2, 0.25) is 0 Å². The van der Waals surface area contributed by atoms with Crippen LogP contribution in [-0.4, -0.2) is 28.7 Å². The molecule has 1 aliphatic rings. The van der Waals surface area contributed by atoms with Gasteiger partial charge in [0, 0.05) is 29.2 Å². The van der Waals surface area contributed by atoms with E-state index in [0.29, 0.717) is 21.8 Å². The van der Waals surface area contributed by atoms with Gasteiger partial charge >= 0.3 is 0 Å². The molecule has 100 valence electrons. The first kappa shape index (κ1) is 13.7. The zero-order valence-corrected chi connectivity index (χ0v) is 11.9. The molecule has 0 aromatic heterocycles. The zero-order valence-electron chi connectivity index (χ0n) is 11.1. The molecule has 0 aliphatic carbocycles. The molecule has 2 unspecified atom stereocenters. The van der Waals surface area contributed by atoms with Crippen LogP contribution in [0.15, 0.2) is 18.2 Å². The molecule has 3 atom stereocenters. The molecular formula is C14H20FNOS. The minimum absolute atomic E-state index is 0.236. The first-order valence-electron chi connectivity index (χ1n) is 6.36. The molecule has 2 nitrogen and oxygen atoms in total. The van der Waals surface area contributed by atoms with Crippen molar-refractivity contribution in [3.8, 4) is 0 Å². The van der Waals surface area contributed by atoms with Crippen molar-refractivity contribution in [3.05, 3.63) is 29.6 Å². The highest BCUT2D eigenvalue weighted by Gasteiger charge is 2.26. The number of hydrogen-bond donors (Lipinski definition) is 1. The van der Waals surface area contributed by atoms with Crippen molar-refractivity contribution in [1.82, 2.24) is 0 Å². The molecule has 0 spiro atoms. The molecule has 0 bridgehead atoms. The van der Waals surface area contributed by atoms with E-state index in [0.717, 1.165) is 13.1 Å². The fourth-order valence-electron chi connectivity index (χ4n) is 2.56. The third-order valence-corrected chi connectivity index (χ3v) is 4.43.